The lowest BCUT2D eigenvalue weighted by molar-refractivity contribution is -0.139. The molecule has 0 radical (unpaired) electrons. The fourth-order valence-electron chi connectivity index (χ4n) is 1.26. The minimum absolute atomic E-state index is 0.214. The van der Waals surface area contributed by atoms with Gasteiger partial charge in [-0.15, -0.1) is 0 Å². The van der Waals surface area contributed by atoms with Crippen LogP contribution in [0.3, 0.4) is 0 Å². The molecule has 0 heterocycles. The Morgan fingerprint density at radius 3 is 3.00 bits per heavy atom. The third kappa shape index (κ3) is 2.34. The molecule has 1 saturated carbocycles. The first-order valence-electron chi connectivity index (χ1n) is 4.17. The van der Waals surface area contributed by atoms with Crippen LogP contribution in [0.15, 0.2) is 11.6 Å². The van der Waals surface area contributed by atoms with Gasteiger partial charge in [0.05, 0.1) is 0 Å². The summed E-state index contributed by atoms with van der Waals surface area (Å²) in [6.07, 6.45) is 3.99. The maximum Gasteiger partial charge on any atom is 0.302 e. The molecule has 0 bridgehead atoms. The van der Waals surface area contributed by atoms with E-state index in [9.17, 15) is 4.79 Å². The van der Waals surface area contributed by atoms with Crippen LogP contribution in [0.2, 0.25) is 0 Å². The lowest BCUT2D eigenvalue weighted by Gasteiger charge is -2.27. The van der Waals surface area contributed by atoms with Crippen molar-refractivity contribution < 1.29 is 14.6 Å². The van der Waals surface area contributed by atoms with Gasteiger partial charge in [-0.05, 0) is 18.9 Å². The highest BCUT2D eigenvalue weighted by Crippen LogP contribution is 2.32. The van der Waals surface area contributed by atoms with Gasteiger partial charge in [0.15, 0.2) is 0 Å². The van der Waals surface area contributed by atoms with Crippen molar-refractivity contribution in [1.82, 2.24) is 0 Å². The van der Waals surface area contributed by atoms with E-state index >= 15 is 0 Å². The van der Waals surface area contributed by atoms with E-state index in [2.05, 4.69) is 0 Å². The lowest BCUT2D eigenvalue weighted by atomic mass is 9.80. The predicted molar refractivity (Wildman–Crippen MR) is 44.5 cm³/mol. The van der Waals surface area contributed by atoms with Crippen molar-refractivity contribution in [3.8, 4) is 0 Å². The number of aliphatic hydroxyl groups is 1. The molecule has 1 unspecified atom stereocenters. The molecule has 0 saturated heterocycles. The summed E-state index contributed by atoms with van der Waals surface area (Å²) in [5.74, 6) is 0.0623. The molecule has 1 N–H and O–H groups in total. The maximum atomic E-state index is 10.4. The van der Waals surface area contributed by atoms with Gasteiger partial charge in [0.1, 0.15) is 6.61 Å². The van der Waals surface area contributed by atoms with Crippen LogP contribution in [0, 0.1) is 5.92 Å². The third-order valence-electron chi connectivity index (χ3n) is 2.16. The van der Waals surface area contributed by atoms with E-state index in [0.29, 0.717) is 12.5 Å². The molecule has 12 heavy (non-hydrogen) atoms. The summed E-state index contributed by atoms with van der Waals surface area (Å²) in [6.45, 7) is 1.95. The van der Waals surface area contributed by atoms with Gasteiger partial charge < -0.3 is 9.84 Å². The molecule has 1 fully saturated rings. The zero-order chi connectivity index (χ0) is 8.97. The fraction of sp³-hybridized carbons (Fsp3) is 0.667. The predicted octanol–water partition coefficient (Wildman–Crippen LogP) is 0.878. The second-order valence-electron chi connectivity index (χ2n) is 3.00. The summed E-state index contributed by atoms with van der Waals surface area (Å²) in [5.41, 5.74) is 1.22. The van der Waals surface area contributed by atoms with Gasteiger partial charge in [-0.3, -0.25) is 4.79 Å². The zero-order valence-corrected chi connectivity index (χ0v) is 7.25. The summed E-state index contributed by atoms with van der Waals surface area (Å²) in [4.78, 5) is 10.4. The Bertz CT molecular complexity index is 194. The van der Waals surface area contributed by atoms with Crippen molar-refractivity contribution in [2.45, 2.75) is 19.8 Å². The first kappa shape index (κ1) is 9.26. The lowest BCUT2D eigenvalue weighted by Crippen LogP contribution is -2.20. The Labute approximate surface area is 72.0 Å². The minimum Gasteiger partial charge on any atom is -0.462 e. The molecule has 0 aliphatic heterocycles. The Kier molecular flexibility index (Phi) is 3.29. The highest BCUT2D eigenvalue weighted by Gasteiger charge is 2.22. The molecule has 0 aromatic heterocycles. The molecule has 1 aliphatic rings. The summed E-state index contributed by atoms with van der Waals surface area (Å²) >= 11 is 0. The number of carbonyl (C=O) groups is 1. The molecule has 0 aromatic carbocycles. The monoisotopic (exact) mass is 170 g/mol. The van der Waals surface area contributed by atoms with Crippen molar-refractivity contribution in [3.63, 3.8) is 0 Å². The van der Waals surface area contributed by atoms with Crippen molar-refractivity contribution in [2.24, 2.45) is 5.92 Å². The van der Waals surface area contributed by atoms with E-state index < -0.39 is 0 Å². The quantitative estimate of drug-likeness (QED) is 0.505. The van der Waals surface area contributed by atoms with Crippen LogP contribution >= 0.6 is 0 Å². The molecule has 1 atom stereocenters. The van der Waals surface area contributed by atoms with E-state index in [1.807, 2.05) is 6.08 Å². The van der Waals surface area contributed by atoms with Crippen molar-refractivity contribution in [1.29, 1.82) is 0 Å². The van der Waals surface area contributed by atoms with Gasteiger partial charge in [-0.1, -0.05) is 5.57 Å². The van der Waals surface area contributed by atoms with Gasteiger partial charge in [0.25, 0.3) is 0 Å². The van der Waals surface area contributed by atoms with E-state index in [1.54, 1.807) is 0 Å². The molecular formula is C9H14O3. The SMILES string of the molecule is CC(=O)OC/C=C1\CCC1CO. The van der Waals surface area contributed by atoms with Crippen LogP contribution in [0.1, 0.15) is 19.8 Å². The van der Waals surface area contributed by atoms with Crippen LogP contribution in [0.25, 0.3) is 0 Å². The van der Waals surface area contributed by atoms with Crippen molar-refractivity contribution in [2.75, 3.05) is 13.2 Å². The average Bonchev–Trinajstić information content (AvgIpc) is 1.96. The van der Waals surface area contributed by atoms with Gasteiger partial charge in [0, 0.05) is 19.4 Å². The van der Waals surface area contributed by atoms with Crippen LogP contribution < -0.4 is 0 Å². The number of hydrogen-bond acceptors (Lipinski definition) is 3. The maximum absolute atomic E-state index is 10.4. The molecule has 0 amide bonds. The molecule has 3 nitrogen and oxygen atoms in total. The largest absolute Gasteiger partial charge is 0.462 e. The second-order valence-corrected chi connectivity index (χ2v) is 3.00. The molecular weight excluding hydrogens is 156 g/mol. The van der Waals surface area contributed by atoms with Crippen LogP contribution in [0.5, 0.6) is 0 Å². The van der Waals surface area contributed by atoms with Crippen LogP contribution in [-0.4, -0.2) is 24.3 Å². The van der Waals surface area contributed by atoms with Gasteiger partial charge in [-0.25, -0.2) is 0 Å². The van der Waals surface area contributed by atoms with Crippen LogP contribution in [0.4, 0.5) is 0 Å². The van der Waals surface area contributed by atoms with Crippen molar-refractivity contribution in [3.05, 3.63) is 11.6 Å². The second kappa shape index (κ2) is 4.26. The molecule has 3 heteroatoms. The highest BCUT2D eigenvalue weighted by atomic mass is 16.5. The molecule has 68 valence electrons. The Hall–Kier alpha value is -0.830. The van der Waals surface area contributed by atoms with E-state index in [4.69, 9.17) is 9.84 Å². The number of rotatable bonds is 3. The number of ether oxygens (including phenoxy) is 1. The summed E-state index contributed by atoms with van der Waals surface area (Å²) in [5, 5.41) is 8.82. The van der Waals surface area contributed by atoms with E-state index in [0.717, 1.165) is 12.8 Å². The highest BCUT2D eigenvalue weighted by molar-refractivity contribution is 5.66. The summed E-state index contributed by atoms with van der Waals surface area (Å²) in [7, 11) is 0. The van der Waals surface area contributed by atoms with Crippen LogP contribution in [-0.2, 0) is 9.53 Å². The standard InChI is InChI=1S/C9H14O3/c1-7(11)12-5-4-8-2-3-9(8)6-10/h4,9-10H,2-3,5-6H2,1H3/b8-4+. The van der Waals surface area contributed by atoms with E-state index in [1.165, 1.54) is 12.5 Å². The number of hydrogen-bond donors (Lipinski definition) is 1. The topological polar surface area (TPSA) is 46.5 Å². The Morgan fingerprint density at radius 2 is 2.58 bits per heavy atom. The van der Waals surface area contributed by atoms with Gasteiger partial charge >= 0.3 is 5.97 Å². The number of esters is 1. The van der Waals surface area contributed by atoms with Gasteiger partial charge in [0.2, 0.25) is 0 Å². The first-order valence-corrected chi connectivity index (χ1v) is 4.17. The minimum atomic E-state index is -0.258. The Morgan fingerprint density at radius 1 is 1.83 bits per heavy atom. The third-order valence-corrected chi connectivity index (χ3v) is 2.16. The number of aliphatic hydroxyl groups excluding tert-OH is 1. The zero-order valence-electron chi connectivity index (χ0n) is 7.25. The molecule has 0 aromatic rings. The molecule has 0 spiro atoms. The molecule has 1 aliphatic carbocycles. The average molecular weight is 170 g/mol. The Balaban J connectivity index is 2.23. The normalized spacial score (nSPS) is 25.2. The fourth-order valence-corrected chi connectivity index (χ4v) is 1.26. The first-order chi connectivity index (χ1) is 5.74. The summed E-state index contributed by atoms with van der Waals surface area (Å²) in [6, 6.07) is 0. The summed E-state index contributed by atoms with van der Waals surface area (Å²) < 4.78 is 4.74. The smallest absolute Gasteiger partial charge is 0.302 e. The van der Waals surface area contributed by atoms with E-state index in [-0.39, 0.29) is 12.6 Å². The van der Waals surface area contributed by atoms with Gasteiger partial charge in [-0.2, -0.15) is 0 Å². The van der Waals surface area contributed by atoms with Crippen molar-refractivity contribution >= 4 is 5.97 Å². The molecule has 1 rings (SSSR count). The number of carbonyl (C=O) groups excluding carboxylic acids is 1.